The number of H-pyrrole nitrogens is 2. The van der Waals surface area contributed by atoms with Crippen molar-refractivity contribution in [2.75, 3.05) is 6.54 Å². The van der Waals surface area contributed by atoms with Crippen molar-refractivity contribution >= 4 is 52.3 Å². The van der Waals surface area contributed by atoms with Gasteiger partial charge in [-0.25, -0.2) is 4.98 Å². The number of benzene rings is 4. The molecule has 2 heterocycles. The Hall–Kier alpha value is -8.08. The predicted octanol–water partition coefficient (Wildman–Crippen LogP) is 1.45. The first-order chi connectivity index (χ1) is 31.4. The fourth-order valence-electron chi connectivity index (χ4n) is 7.36. The molecule has 17 nitrogen and oxygen atoms in total. The molecule has 4 aromatic carbocycles. The number of hydrogen-bond acceptors (Lipinski definition) is 8. The number of carbonyl (C=O) groups is 7. The Balaban J connectivity index is 1.30. The van der Waals surface area contributed by atoms with E-state index in [9.17, 15) is 33.6 Å². The largest absolute Gasteiger partial charge is 0.368 e. The maximum atomic E-state index is 14.7. The van der Waals surface area contributed by atoms with Gasteiger partial charge in [-0.15, -0.1) is 0 Å². The highest BCUT2D eigenvalue weighted by Gasteiger charge is 2.34. The highest BCUT2D eigenvalue weighted by atomic mass is 16.2. The number of imidazole rings is 1. The topological polar surface area (TPSA) is 262 Å². The van der Waals surface area contributed by atoms with E-state index in [2.05, 4.69) is 46.9 Å². The van der Waals surface area contributed by atoms with Crippen LogP contribution in [0, 0.1) is 0 Å². The van der Waals surface area contributed by atoms with E-state index in [0.29, 0.717) is 22.4 Å². The van der Waals surface area contributed by atoms with Crippen molar-refractivity contribution in [2.24, 2.45) is 5.73 Å². The van der Waals surface area contributed by atoms with E-state index in [4.69, 9.17) is 5.73 Å². The van der Waals surface area contributed by atoms with Gasteiger partial charge in [0.25, 0.3) is 0 Å². The molecule has 17 heteroatoms. The van der Waals surface area contributed by atoms with Gasteiger partial charge in [0.05, 0.1) is 12.9 Å². The van der Waals surface area contributed by atoms with E-state index in [0.717, 1.165) is 16.5 Å². The molecule has 0 radical (unpaired) electrons. The van der Waals surface area contributed by atoms with Crippen molar-refractivity contribution in [3.05, 3.63) is 162 Å². The van der Waals surface area contributed by atoms with Gasteiger partial charge in [-0.1, -0.05) is 109 Å². The molecule has 65 heavy (non-hydrogen) atoms. The third-order valence-corrected chi connectivity index (χ3v) is 10.6. The first-order valence-corrected chi connectivity index (χ1v) is 21.1. The van der Waals surface area contributed by atoms with Crippen molar-refractivity contribution in [1.82, 2.24) is 46.9 Å². The summed E-state index contributed by atoms with van der Waals surface area (Å²) in [7, 11) is 0. The lowest BCUT2D eigenvalue weighted by Gasteiger charge is -2.27. The zero-order valence-corrected chi connectivity index (χ0v) is 35.7. The Morgan fingerprint density at radius 3 is 1.40 bits per heavy atom. The minimum Gasteiger partial charge on any atom is -0.368 e. The lowest BCUT2D eigenvalue weighted by molar-refractivity contribution is -0.135. The van der Waals surface area contributed by atoms with Crippen molar-refractivity contribution in [3.63, 3.8) is 0 Å². The van der Waals surface area contributed by atoms with Crippen molar-refractivity contribution in [1.29, 1.82) is 0 Å². The van der Waals surface area contributed by atoms with E-state index in [1.807, 2.05) is 60.7 Å². The summed E-state index contributed by atoms with van der Waals surface area (Å²) < 4.78 is 0. The number of aromatic nitrogens is 3. The molecule has 6 rings (SSSR count). The second-order valence-corrected chi connectivity index (χ2v) is 15.6. The number of amides is 7. The van der Waals surface area contributed by atoms with Crippen LogP contribution in [0.15, 0.2) is 134 Å². The Labute approximate surface area is 375 Å². The molecular weight excluding hydrogens is 829 g/mol. The quantitative estimate of drug-likeness (QED) is 0.0481. The van der Waals surface area contributed by atoms with Crippen LogP contribution in [0.1, 0.15) is 34.9 Å². The van der Waals surface area contributed by atoms with Crippen LogP contribution in [0.5, 0.6) is 0 Å². The molecular formula is C48H52N10O7. The molecule has 0 saturated carbocycles. The summed E-state index contributed by atoms with van der Waals surface area (Å²) in [6.45, 7) is 0.831. The number of fused-ring (bicyclic) bond motifs is 1. The van der Waals surface area contributed by atoms with Gasteiger partial charge in [-0.05, 0) is 28.3 Å². The van der Waals surface area contributed by atoms with Crippen LogP contribution >= 0.6 is 0 Å². The smallest absolute Gasteiger partial charge is 0.243 e. The number of hydrogen-bond donors (Lipinski definition) is 9. The van der Waals surface area contributed by atoms with Crippen molar-refractivity contribution < 1.29 is 33.6 Å². The zero-order valence-electron chi connectivity index (χ0n) is 35.7. The highest BCUT2D eigenvalue weighted by Crippen LogP contribution is 2.20. The third-order valence-electron chi connectivity index (χ3n) is 10.6. The number of nitrogens with two attached hydrogens (primary N) is 1. The average Bonchev–Trinajstić information content (AvgIpc) is 3.98. The number of para-hydroxylation sites is 1. The summed E-state index contributed by atoms with van der Waals surface area (Å²) in [5, 5.41) is 17.2. The zero-order chi connectivity index (χ0) is 46.1. The maximum absolute atomic E-state index is 14.7. The summed E-state index contributed by atoms with van der Waals surface area (Å²) in [5.41, 5.74) is 9.46. The molecule has 336 valence electrons. The first kappa shape index (κ1) is 46.4. The molecule has 0 bridgehead atoms. The van der Waals surface area contributed by atoms with Crippen molar-refractivity contribution in [2.45, 2.75) is 69.2 Å². The molecule has 0 fully saturated rings. The summed E-state index contributed by atoms with van der Waals surface area (Å²) in [5.74, 6) is -4.68. The van der Waals surface area contributed by atoms with Gasteiger partial charge >= 0.3 is 0 Å². The number of carbonyl (C=O) groups excluding carboxylic acids is 7. The van der Waals surface area contributed by atoms with E-state index < -0.39 is 78.1 Å². The Morgan fingerprint density at radius 1 is 0.523 bits per heavy atom. The summed E-state index contributed by atoms with van der Waals surface area (Å²) in [6.07, 6.45) is 4.74. The van der Waals surface area contributed by atoms with Gasteiger partial charge in [0.15, 0.2) is 0 Å². The average molecular weight is 881 g/mol. The van der Waals surface area contributed by atoms with Gasteiger partial charge in [0.1, 0.15) is 30.2 Å². The van der Waals surface area contributed by atoms with Gasteiger partial charge < -0.3 is 47.6 Å². The lowest BCUT2D eigenvalue weighted by atomic mass is 10.00. The fourth-order valence-corrected chi connectivity index (χ4v) is 7.36. The van der Waals surface area contributed by atoms with Crippen LogP contribution in [0.2, 0.25) is 0 Å². The van der Waals surface area contributed by atoms with Gasteiger partial charge in [-0.3, -0.25) is 33.6 Å². The van der Waals surface area contributed by atoms with Gasteiger partial charge in [-0.2, -0.15) is 0 Å². The number of primary amides is 1. The second kappa shape index (κ2) is 22.8. The minimum atomic E-state index is -1.31. The van der Waals surface area contributed by atoms with Crippen LogP contribution in [-0.2, 0) is 65.7 Å². The molecule has 0 saturated heterocycles. The molecule has 10 N–H and O–H groups in total. The highest BCUT2D eigenvalue weighted by molar-refractivity contribution is 5.97. The molecule has 0 spiro atoms. The number of nitrogens with zero attached hydrogens (tertiary/aromatic N) is 1. The Bertz CT molecular complexity index is 2550. The first-order valence-electron chi connectivity index (χ1n) is 21.1. The molecule has 0 aliphatic heterocycles. The summed E-state index contributed by atoms with van der Waals surface area (Å²) >= 11 is 0. The van der Waals surface area contributed by atoms with Crippen LogP contribution in [-0.4, -0.2) is 93.1 Å². The van der Waals surface area contributed by atoms with Crippen LogP contribution in [0.4, 0.5) is 0 Å². The van der Waals surface area contributed by atoms with Crippen molar-refractivity contribution in [3.8, 4) is 0 Å². The Kier molecular flexibility index (Phi) is 16.3. The second-order valence-electron chi connectivity index (χ2n) is 15.6. The molecule has 0 aliphatic carbocycles. The summed E-state index contributed by atoms with van der Waals surface area (Å²) in [4.78, 5) is 105. The van der Waals surface area contributed by atoms with Crippen LogP contribution in [0.3, 0.4) is 0 Å². The minimum absolute atomic E-state index is 0.00944. The molecule has 0 unspecified atom stereocenters. The molecule has 7 amide bonds. The SMILES string of the molecule is CC(=O)N[C@@H](Cc1ccccc1)C(=O)N[C@@H](Cc1ccccc1)C(=O)N[C@@H](Cc1c[nH]c2ccccc12)C(=O)N[C@@H](Cc1ccccc1)C(=O)N[C@@H](Cc1cnc[nH]1)C(=O)NCC(N)=O. The fraction of sp³-hybridized carbons (Fsp3) is 0.250. The lowest BCUT2D eigenvalue weighted by Crippen LogP contribution is -2.60. The van der Waals surface area contributed by atoms with Gasteiger partial charge in [0, 0.05) is 68.0 Å². The number of aromatic amines is 2. The monoisotopic (exact) mass is 880 g/mol. The number of nitrogens with one attached hydrogen (secondary N) is 8. The van der Waals surface area contributed by atoms with Crippen LogP contribution < -0.4 is 37.6 Å². The Morgan fingerprint density at radius 2 is 0.954 bits per heavy atom. The van der Waals surface area contributed by atoms with Crippen LogP contribution in [0.25, 0.3) is 10.9 Å². The molecule has 6 aromatic rings. The standard InChI is InChI=1S/C48H52N10O7/c1-30(59)54-38(21-31-13-5-2-6-14-31)45(62)55-39(22-32-15-7-3-8-16-32)46(63)57-41(24-34-26-51-37-20-12-11-19-36(34)37)48(65)56-40(23-33-17-9-4-10-18-33)47(64)58-42(25-35-27-50-29-53-35)44(61)52-28-43(49)60/h2-20,26-27,29,38-42,51H,21-25,28H2,1H3,(H2,49,60)(H,50,53)(H,52,61)(H,54,59)(H,55,62)(H,56,65)(H,57,63)(H,58,64)/t38-,39-,40-,41-,42-/m0/s1. The molecule has 5 atom stereocenters. The third kappa shape index (κ3) is 14.0. The normalized spacial score (nSPS) is 13.2. The maximum Gasteiger partial charge on any atom is 0.243 e. The van der Waals surface area contributed by atoms with E-state index >= 15 is 0 Å². The molecule has 0 aliphatic rings. The number of rotatable bonds is 22. The van der Waals surface area contributed by atoms with E-state index in [-0.39, 0.29) is 32.1 Å². The van der Waals surface area contributed by atoms with E-state index in [1.54, 1.807) is 60.8 Å². The molecule has 2 aromatic heterocycles. The predicted molar refractivity (Wildman–Crippen MR) is 242 cm³/mol. The summed E-state index contributed by atoms with van der Waals surface area (Å²) in [6, 6.07) is 28.5. The van der Waals surface area contributed by atoms with Gasteiger partial charge in [0.2, 0.25) is 41.4 Å². The van der Waals surface area contributed by atoms with E-state index in [1.165, 1.54) is 19.4 Å².